The molecule has 0 bridgehead atoms. The summed E-state index contributed by atoms with van der Waals surface area (Å²) in [6, 6.07) is 1.79. The Morgan fingerprint density at radius 2 is 1.91 bits per heavy atom. The van der Waals surface area contributed by atoms with Crippen LogP contribution in [0, 0.1) is 35.5 Å². The molecule has 10 nitrogen and oxygen atoms in total. The fraction of sp³-hybridized carbons (Fsp3) is 0.480. The number of ketones is 4. The van der Waals surface area contributed by atoms with Crippen LogP contribution in [0.5, 0.6) is 5.75 Å². The third-order valence-electron chi connectivity index (χ3n) is 7.43. The minimum Gasteiger partial charge on any atom is -0.507 e. The summed E-state index contributed by atoms with van der Waals surface area (Å²) in [6.07, 6.45) is 0.187. The molecule has 6 atom stereocenters. The molecule has 0 aromatic heterocycles. The van der Waals surface area contributed by atoms with E-state index in [2.05, 4.69) is 17.2 Å². The van der Waals surface area contributed by atoms with Crippen molar-refractivity contribution in [3.63, 3.8) is 0 Å². The lowest BCUT2D eigenvalue weighted by Gasteiger charge is -2.52. The predicted octanol–water partition coefficient (Wildman–Crippen LogP) is -1.56. The number of carbonyl (C=O) groups excluding carboxylic acids is 5. The van der Waals surface area contributed by atoms with Crippen molar-refractivity contribution in [1.29, 1.82) is 0 Å². The van der Waals surface area contributed by atoms with Gasteiger partial charge in [-0.2, -0.15) is 0 Å². The number of hydrogen-bond acceptors (Lipinski definition) is 9. The van der Waals surface area contributed by atoms with Gasteiger partial charge >= 0.3 is 0 Å². The molecule has 35 heavy (non-hydrogen) atoms. The second kappa shape index (κ2) is 8.68. The number of Topliss-reactive ketones (excluding diaryl/α,β-unsaturated/α-hetero) is 4. The molecular formula is C25H27N3O7. The highest BCUT2D eigenvalue weighted by molar-refractivity contribution is 6.32. The van der Waals surface area contributed by atoms with E-state index in [1.54, 1.807) is 27.2 Å². The number of nitrogens with one attached hydrogen (secondary N) is 1. The Labute approximate surface area is 201 Å². The molecule has 3 aliphatic carbocycles. The second-order valence-electron chi connectivity index (χ2n) is 9.61. The number of hydrogen-bond donors (Lipinski definition) is 4. The minimum atomic E-state index is -2.73. The summed E-state index contributed by atoms with van der Waals surface area (Å²) >= 11 is 0. The maximum Gasteiger partial charge on any atom is 0.235 e. The zero-order valence-corrected chi connectivity index (χ0v) is 19.6. The van der Waals surface area contributed by atoms with Crippen molar-refractivity contribution in [1.82, 2.24) is 10.2 Å². The molecule has 0 aliphatic heterocycles. The molecule has 0 radical (unpaired) electrons. The normalized spacial score (nSPS) is 31.9. The van der Waals surface area contributed by atoms with Crippen molar-refractivity contribution < 1.29 is 34.2 Å². The lowest BCUT2D eigenvalue weighted by Crippen LogP contribution is -2.74. The summed E-state index contributed by atoms with van der Waals surface area (Å²) in [4.78, 5) is 67.0. The Balaban J connectivity index is 1.86. The average Bonchev–Trinajstić information content (AvgIpc) is 2.77. The molecule has 0 saturated heterocycles. The van der Waals surface area contributed by atoms with Crippen molar-refractivity contribution in [3.8, 4) is 17.6 Å². The van der Waals surface area contributed by atoms with Crippen LogP contribution in [0.15, 0.2) is 12.1 Å². The van der Waals surface area contributed by atoms with Crippen molar-refractivity contribution in [2.24, 2.45) is 29.4 Å². The number of fused-ring (bicyclic) bond motifs is 3. The SMILES string of the molecule is CNCC#Cc1ccc(O)c2c1C[C@H]1C[C@H]3[C@H](N(C)C)C(=O)C(C(N)=O)C(=O)[C@@]3(O)C(=O)C1C2=O. The van der Waals surface area contributed by atoms with Gasteiger partial charge in [-0.3, -0.25) is 28.9 Å². The fourth-order valence-electron chi connectivity index (χ4n) is 5.95. The molecular weight excluding hydrogens is 454 g/mol. The monoisotopic (exact) mass is 481 g/mol. The highest BCUT2D eigenvalue weighted by Gasteiger charge is 2.69. The van der Waals surface area contributed by atoms with Crippen molar-refractivity contribution in [3.05, 3.63) is 28.8 Å². The quantitative estimate of drug-likeness (QED) is 0.295. The Morgan fingerprint density at radius 1 is 1.23 bits per heavy atom. The van der Waals surface area contributed by atoms with Crippen LogP contribution in [0.1, 0.15) is 27.9 Å². The molecule has 3 aliphatic rings. The summed E-state index contributed by atoms with van der Waals surface area (Å²) in [5.74, 6) is -4.71. The van der Waals surface area contributed by atoms with E-state index < -0.39 is 64.4 Å². The van der Waals surface area contributed by atoms with Crippen LogP contribution < -0.4 is 11.1 Å². The molecule has 1 amide bonds. The number of aliphatic hydroxyl groups is 1. The summed E-state index contributed by atoms with van der Waals surface area (Å²) in [5.41, 5.74) is 3.54. The molecule has 1 aromatic rings. The number of rotatable bonds is 3. The molecule has 5 N–H and O–H groups in total. The van der Waals surface area contributed by atoms with E-state index in [4.69, 9.17) is 5.73 Å². The lowest BCUT2D eigenvalue weighted by molar-refractivity contribution is -0.181. The fourth-order valence-corrected chi connectivity index (χ4v) is 5.95. The Bertz CT molecular complexity index is 1230. The van der Waals surface area contributed by atoms with Gasteiger partial charge in [-0.05, 0) is 57.6 Å². The summed E-state index contributed by atoms with van der Waals surface area (Å²) < 4.78 is 0. The largest absolute Gasteiger partial charge is 0.507 e. The van der Waals surface area contributed by atoms with Crippen LogP contribution in [0.2, 0.25) is 0 Å². The molecule has 0 spiro atoms. The number of likely N-dealkylation sites (N-methyl/N-ethyl adjacent to an activating group) is 1. The van der Waals surface area contributed by atoms with Crippen molar-refractivity contribution in [2.45, 2.75) is 24.5 Å². The van der Waals surface area contributed by atoms with E-state index in [1.807, 2.05) is 0 Å². The van der Waals surface area contributed by atoms with Gasteiger partial charge in [-0.1, -0.05) is 11.8 Å². The van der Waals surface area contributed by atoms with E-state index in [1.165, 1.54) is 11.0 Å². The average molecular weight is 482 g/mol. The van der Waals surface area contributed by atoms with Gasteiger partial charge in [0.2, 0.25) is 5.91 Å². The lowest BCUT2D eigenvalue weighted by atomic mass is 9.52. The third-order valence-corrected chi connectivity index (χ3v) is 7.43. The highest BCUT2D eigenvalue weighted by Crippen LogP contribution is 2.50. The molecule has 2 fully saturated rings. The first-order chi connectivity index (χ1) is 16.5. The first kappa shape index (κ1) is 24.7. The van der Waals surface area contributed by atoms with E-state index in [9.17, 15) is 34.2 Å². The third kappa shape index (κ3) is 3.50. The number of benzene rings is 1. The summed E-state index contributed by atoms with van der Waals surface area (Å²) in [5, 5.41) is 24.9. The van der Waals surface area contributed by atoms with Crippen molar-refractivity contribution >= 4 is 29.0 Å². The van der Waals surface area contributed by atoms with Crippen LogP contribution in [-0.4, -0.2) is 83.5 Å². The predicted molar refractivity (Wildman–Crippen MR) is 122 cm³/mol. The number of amides is 1. The first-order valence-electron chi connectivity index (χ1n) is 11.3. The van der Waals surface area contributed by atoms with Gasteiger partial charge in [0.1, 0.15) is 5.75 Å². The standard InChI is InChI=1S/C25H27N3O7/c1-27-8-4-5-11-6-7-15(29)17-13(11)9-12-10-14-19(28(2)3)21(31)18(24(26)34)23(33)25(14,35)22(32)16(12)20(17)30/h6-7,12,14,16,18-19,27,29,35H,8-10H2,1-3H3,(H2,26,34)/t12-,14-,16?,18?,19-,25-/m0/s1. The van der Waals surface area contributed by atoms with Gasteiger partial charge in [-0.15, -0.1) is 0 Å². The van der Waals surface area contributed by atoms with Crippen LogP contribution >= 0.6 is 0 Å². The van der Waals surface area contributed by atoms with E-state index in [0.29, 0.717) is 17.7 Å². The maximum atomic E-state index is 13.7. The summed E-state index contributed by atoms with van der Waals surface area (Å²) in [6.45, 7) is 0.402. The molecule has 0 heterocycles. The molecule has 2 saturated carbocycles. The Kier molecular flexibility index (Phi) is 6.13. The number of phenols is 1. The molecule has 184 valence electrons. The highest BCUT2D eigenvalue weighted by atomic mass is 16.3. The molecule has 2 unspecified atom stereocenters. The minimum absolute atomic E-state index is 0.00291. The van der Waals surface area contributed by atoms with Gasteiger partial charge in [0.15, 0.2) is 34.7 Å². The van der Waals surface area contributed by atoms with Gasteiger partial charge in [-0.25, -0.2) is 0 Å². The van der Waals surface area contributed by atoms with Gasteiger partial charge < -0.3 is 21.3 Å². The van der Waals surface area contributed by atoms with Crippen LogP contribution in [0.4, 0.5) is 0 Å². The van der Waals surface area contributed by atoms with E-state index in [0.717, 1.165) is 0 Å². The van der Waals surface area contributed by atoms with Crippen LogP contribution in [-0.2, 0) is 25.6 Å². The second-order valence-corrected chi connectivity index (χ2v) is 9.61. The number of carbonyl (C=O) groups is 5. The zero-order valence-electron chi connectivity index (χ0n) is 19.6. The molecule has 4 rings (SSSR count). The molecule has 1 aromatic carbocycles. The summed E-state index contributed by atoms with van der Waals surface area (Å²) in [7, 11) is 4.82. The Hall–Kier alpha value is -3.39. The topological polar surface area (TPSA) is 167 Å². The van der Waals surface area contributed by atoms with Gasteiger partial charge in [0.05, 0.1) is 24.1 Å². The van der Waals surface area contributed by atoms with Crippen LogP contribution in [0.25, 0.3) is 0 Å². The van der Waals surface area contributed by atoms with Gasteiger partial charge in [0.25, 0.3) is 0 Å². The number of aromatic hydroxyl groups is 1. The number of nitrogens with zero attached hydrogens (tertiary/aromatic N) is 1. The van der Waals surface area contributed by atoms with Gasteiger partial charge in [0, 0.05) is 11.5 Å². The van der Waals surface area contributed by atoms with E-state index in [-0.39, 0.29) is 24.2 Å². The number of nitrogens with two attached hydrogens (primary N) is 1. The Morgan fingerprint density at radius 3 is 2.51 bits per heavy atom. The maximum absolute atomic E-state index is 13.7. The van der Waals surface area contributed by atoms with Crippen LogP contribution in [0.3, 0.4) is 0 Å². The number of phenolic OH excluding ortho intramolecular Hbond substituents is 1. The zero-order chi connectivity index (χ0) is 25.8. The van der Waals surface area contributed by atoms with E-state index >= 15 is 0 Å². The smallest absolute Gasteiger partial charge is 0.235 e. The molecule has 10 heteroatoms. The number of primary amides is 1. The first-order valence-corrected chi connectivity index (χ1v) is 11.3. The van der Waals surface area contributed by atoms with Crippen molar-refractivity contribution in [2.75, 3.05) is 27.7 Å².